The monoisotopic (exact) mass is 253 g/mol. The number of non-ortho nitro benzene ring substituents is 1. The zero-order chi connectivity index (χ0) is 13.7. The molecule has 0 radical (unpaired) electrons. The van der Waals surface area contributed by atoms with E-state index in [0.717, 1.165) is 11.3 Å². The molecular weight excluding hydrogens is 242 g/mol. The Bertz CT molecular complexity index is 613. The van der Waals surface area contributed by atoms with Crippen molar-refractivity contribution in [1.29, 1.82) is 5.26 Å². The minimum absolute atomic E-state index is 0.0731. The molecule has 19 heavy (non-hydrogen) atoms. The van der Waals surface area contributed by atoms with Crippen LogP contribution in [-0.2, 0) is 6.54 Å². The maximum absolute atomic E-state index is 10.5. The molecular formula is C14H11N3O2. The highest BCUT2D eigenvalue weighted by molar-refractivity contribution is 5.49. The van der Waals surface area contributed by atoms with E-state index in [4.69, 9.17) is 5.26 Å². The summed E-state index contributed by atoms with van der Waals surface area (Å²) in [5, 5.41) is 22.4. The van der Waals surface area contributed by atoms with E-state index in [2.05, 4.69) is 11.4 Å². The molecule has 0 unspecified atom stereocenters. The first kappa shape index (κ1) is 12.6. The molecule has 0 saturated heterocycles. The van der Waals surface area contributed by atoms with E-state index in [1.165, 1.54) is 12.1 Å². The number of anilines is 1. The number of nitro benzene ring substituents is 1. The maximum atomic E-state index is 10.5. The minimum atomic E-state index is -0.426. The van der Waals surface area contributed by atoms with Crippen molar-refractivity contribution in [3.8, 4) is 6.07 Å². The lowest BCUT2D eigenvalue weighted by Gasteiger charge is -2.06. The second kappa shape index (κ2) is 5.65. The molecule has 0 saturated carbocycles. The molecule has 2 rings (SSSR count). The fourth-order valence-corrected chi connectivity index (χ4v) is 1.60. The third-order valence-electron chi connectivity index (χ3n) is 2.66. The van der Waals surface area contributed by atoms with Crippen molar-refractivity contribution in [3.63, 3.8) is 0 Å². The zero-order valence-corrected chi connectivity index (χ0v) is 10.0. The zero-order valence-electron chi connectivity index (χ0n) is 10.0. The van der Waals surface area contributed by atoms with Gasteiger partial charge in [-0.25, -0.2) is 0 Å². The second-order valence-electron chi connectivity index (χ2n) is 3.97. The van der Waals surface area contributed by atoms with E-state index in [1.807, 2.05) is 12.1 Å². The maximum Gasteiger partial charge on any atom is 0.269 e. The van der Waals surface area contributed by atoms with E-state index >= 15 is 0 Å². The molecule has 0 aromatic heterocycles. The first-order valence-electron chi connectivity index (χ1n) is 5.66. The molecule has 1 N–H and O–H groups in total. The van der Waals surface area contributed by atoms with Gasteiger partial charge < -0.3 is 5.32 Å². The summed E-state index contributed by atoms with van der Waals surface area (Å²) in [7, 11) is 0. The lowest BCUT2D eigenvalue weighted by atomic mass is 10.1. The third-order valence-corrected chi connectivity index (χ3v) is 2.66. The summed E-state index contributed by atoms with van der Waals surface area (Å²) in [5.74, 6) is 0. The highest BCUT2D eigenvalue weighted by Crippen LogP contribution is 2.16. The van der Waals surface area contributed by atoms with E-state index in [1.54, 1.807) is 24.3 Å². The van der Waals surface area contributed by atoms with Crippen LogP contribution < -0.4 is 5.32 Å². The van der Waals surface area contributed by atoms with Gasteiger partial charge in [0.15, 0.2) is 0 Å². The average Bonchev–Trinajstić information content (AvgIpc) is 2.46. The molecule has 2 aromatic carbocycles. The van der Waals surface area contributed by atoms with Gasteiger partial charge >= 0.3 is 0 Å². The first-order chi connectivity index (χ1) is 9.19. The van der Waals surface area contributed by atoms with Gasteiger partial charge in [-0.1, -0.05) is 12.1 Å². The standard InChI is InChI=1S/C14H11N3O2/c15-9-11-1-3-12(4-2-11)10-16-13-5-7-14(8-6-13)17(18)19/h1-8,16H,10H2. The van der Waals surface area contributed by atoms with E-state index in [-0.39, 0.29) is 5.69 Å². The van der Waals surface area contributed by atoms with Crippen molar-refractivity contribution in [3.05, 3.63) is 69.8 Å². The summed E-state index contributed by atoms with van der Waals surface area (Å²) < 4.78 is 0. The fourth-order valence-electron chi connectivity index (χ4n) is 1.60. The number of nitriles is 1. The molecule has 0 aliphatic rings. The topological polar surface area (TPSA) is 79.0 Å². The normalized spacial score (nSPS) is 9.63. The Morgan fingerprint density at radius 2 is 1.74 bits per heavy atom. The van der Waals surface area contributed by atoms with E-state index < -0.39 is 4.92 Å². The lowest BCUT2D eigenvalue weighted by molar-refractivity contribution is -0.384. The lowest BCUT2D eigenvalue weighted by Crippen LogP contribution is -1.99. The summed E-state index contributed by atoms with van der Waals surface area (Å²) in [6.07, 6.45) is 0. The quantitative estimate of drug-likeness (QED) is 0.670. The molecule has 0 amide bonds. The Hall–Kier alpha value is -2.87. The number of nitrogens with zero attached hydrogens (tertiary/aromatic N) is 2. The van der Waals surface area contributed by atoms with Crippen LogP contribution in [0.3, 0.4) is 0 Å². The van der Waals surface area contributed by atoms with Crippen molar-refractivity contribution >= 4 is 11.4 Å². The van der Waals surface area contributed by atoms with Gasteiger partial charge in [0, 0.05) is 24.4 Å². The van der Waals surface area contributed by atoms with Crippen LogP contribution in [0.2, 0.25) is 0 Å². The SMILES string of the molecule is N#Cc1ccc(CNc2ccc([N+](=O)[O-])cc2)cc1. The van der Waals surface area contributed by atoms with Crippen LogP contribution in [0.1, 0.15) is 11.1 Å². The predicted octanol–water partition coefficient (Wildman–Crippen LogP) is 3.08. The highest BCUT2D eigenvalue weighted by atomic mass is 16.6. The molecule has 0 fully saturated rings. The van der Waals surface area contributed by atoms with Gasteiger partial charge in [0.2, 0.25) is 0 Å². The molecule has 0 aliphatic heterocycles. The number of rotatable bonds is 4. The van der Waals surface area contributed by atoms with Gasteiger partial charge in [0.05, 0.1) is 16.6 Å². The van der Waals surface area contributed by atoms with Crippen molar-refractivity contribution < 1.29 is 4.92 Å². The molecule has 0 spiro atoms. The Morgan fingerprint density at radius 1 is 1.11 bits per heavy atom. The molecule has 5 heteroatoms. The van der Waals surface area contributed by atoms with Gasteiger partial charge in [-0.05, 0) is 29.8 Å². The Balaban J connectivity index is 1.98. The smallest absolute Gasteiger partial charge is 0.269 e. The van der Waals surface area contributed by atoms with Crippen molar-refractivity contribution in [2.24, 2.45) is 0 Å². The summed E-state index contributed by atoms with van der Waals surface area (Å²) >= 11 is 0. The molecule has 5 nitrogen and oxygen atoms in total. The minimum Gasteiger partial charge on any atom is -0.381 e. The Kier molecular flexibility index (Phi) is 3.74. The Labute approximate surface area is 110 Å². The molecule has 0 aliphatic carbocycles. The summed E-state index contributed by atoms with van der Waals surface area (Å²) in [5.41, 5.74) is 2.55. The molecule has 0 heterocycles. The number of hydrogen-bond donors (Lipinski definition) is 1. The van der Waals surface area contributed by atoms with Crippen LogP contribution in [0, 0.1) is 21.4 Å². The van der Waals surface area contributed by atoms with Crippen LogP contribution in [0.4, 0.5) is 11.4 Å². The average molecular weight is 253 g/mol. The van der Waals surface area contributed by atoms with Crippen molar-refractivity contribution in [2.45, 2.75) is 6.54 Å². The number of nitrogens with one attached hydrogen (secondary N) is 1. The number of benzene rings is 2. The molecule has 94 valence electrons. The fraction of sp³-hybridized carbons (Fsp3) is 0.0714. The summed E-state index contributed by atoms with van der Waals surface area (Å²) in [6.45, 7) is 0.601. The van der Waals surface area contributed by atoms with Crippen LogP contribution in [-0.4, -0.2) is 4.92 Å². The van der Waals surface area contributed by atoms with Gasteiger partial charge in [-0.15, -0.1) is 0 Å². The van der Waals surface area contributed by atoms with Crippen LogP contribution in [0.5, 0.6) is 0 Å². The summed E-state index contributed by atoms with van der Waals surface area (Å²) in [4.78, 5) is 10.1. The highest BCUT2D eigenvalue weighted by Gasteiger charge is 2.03. The van der Waals surface area contributed by atoms with Crippen LogP contribution in [0.15, 0.2) is 48.5 Å². The second-order valence-corrected chi connectivity index (χ2v) is 3.97. The number of hydrogen-bond acceptors (Lipinski definition) is 4. The van der Waals surface area contributed by atoms with Crippen LogP contribution >= 0.6 is 0 Å². The third kappa shape index (κ3) is 3.30. The van der Waals surface area contributed by atoms with Gasteiger partial charge in [-0.2, -0.15) is 5.26 Å². The van der Waals surface area contributed by atoms with Crippen LogP contribution in [0.25, 0.3) is 0 Å². The van der Waals surface area contributed by atoms with E-state index in [9.17, 15) is 10.1 Å². The Morgan fingerprint density at radius 3 is 2.26 bits per heavy atom. The van der Waals surface area contributed by atoms with Gasteiger partial charge in [-0.3, -0.25) is 10.1 Å². The van der Waals surface area contributed by atoms with E-state index in [0.29, 0.717) is 12.1 Å². The largest absolute Gasteiger partial charge is 0.381 e. The van der Waals surface area contributed by atoms with Crippen molar-refractivity contribution in [1.82, 2.24) is 0 Å². The number of nitro groups is 1. The predicted molar refractivity (Wildman–Crippen MR) is 71.6 cm³/mol. The molecule has 0 bridgehead atoms. The summed E-state index contributed by atoms with van der Waals surface area (Å²) in [6, 6.07) is 15.6. The molecule has 2 aromatic rings. The van der Waals surface area contributed by atoms with Crippen molar-refractivity contribution in [2.75, 3.05) is 5.32 Å². The van der Waals surface area contributed by atoms with Gasteiger partial charge in [0.25, 0.3) is 5.69 Å². The van der Waals surface area contributed by atoms with Gasteiger partial charge in [0.1, 0.15) is 0 Å². The first-order valence-corrected chi connectivity index (χ1v) is 5.66. The molecule has 0 atom stereocenters.